The van der Waals surface area contributed by atoms with Crippen LogP contribution in [0.25, 0.3) is 6.08 Å². The van der Waals surface area contributed by atoms with Crippen molar-refractivity contribution in [2.24, 2.45) is 0 Å². The summed E-state index contributed by atoms with van der Waals surface area (Å²) in [4.78, 5) is 60.2. The smallest absolute Gasteiger partial charge is 0.337 e. The minimum absolute atomic E-state index is 0.0291. The van der Waals surface area contributed by atoms with Crippen LogP contribution < -0.4 is 20.1 Å². The summed E-state index contributed by atoms with van der Waals surface area (Å²) in [6.07, 6.45) is 1.01. The fourth-order valence-corrected chi connectivity index (χ4v) is 3.01. The molecule has 1 aliphatic heterocycles. The molecule has 2 aromatic rings. The summed E-state index contributed by atoms with van der Waals surface area (Å²) < 4.78 is 9.71. The molecule has 0 bridgehead atoms. The number of nitro groups is 1. The number of rotatable bonds is 6. The van der Waals surface area contributed by atoms with Crippen LogP contribution in [0.15, 0.2) is 42.0 Å². The lowest BCUT2D eigenvalue weighted by Crippen LogP contribution is -2.54. The van der Waals surface area contributed by atoms with Crippen LogP contribution in [0.1, 0.15) is 22.8 Å². The molecule has 1 heterocycles. The number of nitro benzene ring substituents is 1. The lowest BCUT2D eigenvalue weighted by molar-refractivity contribution is -0.398. The first-order valence-corrected chi connectivity index (χ1v) is 9.40. The number of carbonyl (C=O) groups is 4. The second kappa shape index (κ2) is 9.18. The number of carbonyl (C=O) groups excluding carboxylic acids is 4. The van der Waals surface area contributed by atoms with Crippen LogP contribution in [-0.2, 0) is 14.3 Å². The standard InChI is InChI=1S/C21H17N3O9/c1-3-33-16-10-11(9-15(17(16)25)24(30)31)8-14-18(26)22-21(29)23(19(14)27)13-6-4-12(5-7-13)20(28)32-2/h4-10,25H,3H2,1-2H3,(H,22,26,29)/p-1/b14-8-. The topological polar surface area (TPSA) is 168 Å². The van der Waals surface area contributed by atoms with E-state index in [-0.39, 0.29) is 29.2 Å². The van der Waals surface area contributed by atoms with E-state index < -0.39 is 45.7 Å². The Morgan fingerprint density at radius 2 is 1.85 bits per heavy atom. The zero-order valence-corrected chi connectivity index (χ0v) is 17.3. The number of hydrogen-bond acceptors (Lipinski definition) is 9. The Morgan fingerprint density at radius 1 is 1.18 bits per heavy atom. The number of barbiturate groups is 1. The van der Waals surface area contributed by atoms with Crippen LogP contribution in [0.2, 0.25) is 0 Å². The number of urea groups is 1. The van der Waals surface area contributed by atoms with Crippen molar-refractivity contribution in [1.29, 1.82) is 0 Å². The molecule has 0 atom stereocenters. The minimum atomic E-state index is -1.03. The maximum Gasteiger partial charge on any atom is 0.337 e. The lowest BCUT2D eigenvalue weighted by atomic mass is 10.1. The average Bonchev–Trinajstić information content (AvgIpc) is 2.78. The van der Waals surface area contributed by atoms with Gasteiger partial charge in [0.15, 0.2) is 0 Å². The number of esters is 1. The number of hydrogen-bond donors (Lipinski definition) is 1. The number of methoxy groups -OCH3 is 1. The van der Waals surface area contributed by atoms with E-state index >= 15 is 0 Å². The second-order valence-electron chi connectivity index (χ2n) is 6.55. The molecule has 0 aromatic heterocycles. The van der Waals surface area contributed by atoms with Gasteiger partial charge < -0.3 is 14.6 Å². The normalized spacial score (nSPS) is 14.8. The third kappa shape index (κ3) is 4.49. The molecule has 12 nitrogen and oxygen atoms in total. The van der Waals surface area contributed by atoms with Crippen LogP contribution >= 0.6 is 0 Å². The van der Waals surface area contributed by atoms with Gasteiger partial charge in [-0.2, -0.15) is 0 Å². The maximum atomic E-state index is 13.0. The molecule has 0 aliphatic carbocycles. The van der Waals surface area contributed by atoms with Gasteiger partial charge in [0.25, 0.3) is 17.5 Å². The molecule has 3 rings (SSSR count). The van der Waals surface area contributed by atoms with E-state index in [0.717, 1.165) is 18.2 Å². The molecular weight excluding hydrogens is 438 g/mol. The van der Waals surface area contributed by atoms with E-state index in [0.29, 0.717) is 4.90 Å². The minimum Gasteiger partial charge on any atom is -0.865 e. The lowest BCUT2D eigenvalue weighted by Gasteiger charge is -2.26. The molecule has 1 saturated heterocycles. The number of amides is 4. The number of imide groups is 2. The second-order valence-corrected chi connectivity index (χ2v) is 6.55. The van der Waals surface area contributed by atoms with Crippen LogP contribution in [0.5, 0.6) is 11.5 Å². The predicted molar refractivity (Wildman–Crippen MR) is 110 cm³/mol. The average molecular weight is 454 g/mol. The van der Waals surface area contributed by atoms with Crippen LogP contribution in [-0.4, -0.2) is 42.5 Å². The zero-order chi connectivity index (χ0) is 24.3. The highest BCUT2D eigenvalue weighted by atomic mass is 16.6. The molecule has 1 fully saturated rings. The number of nitrogens with zero attached hydrogens (tertiary/aromatic N) is 2. The quantitative estimate of drug-likeness (QED) is 0.224. The third-order valence-corrected chi connectivity index (χ3v) is 4.51. The van der Waals surface area contributed by atoms with Gasteiger partial charge in [-0.15, -0.1) is 0 Å². The van der Waals surface area contributed by atoms with Gasteiger partial charge in [-0.05, 0) is 48.9 Å². The Kier molecular flexibility index (Phi) is 6.38. The predicted octanol–water partition coefficient (Wildman–Crippen LogP) is 1.52. The van der Waals surface area contributed by atoms with Crippen molar-refractivity contribution >= 4 is 41.3 Å². The van der Waals surface area contributed by atoms with Gasteiger partial charge in [-0.1, -0.05) is 0 Å². The van der Waals surface area contributed by atoms with Crippen LogP contribution in [0, 0.1) is 10.1 Å². The first-order valence-electron chi connectivity index (χ1n) is 9.40. The van der Waals surface area contributed by atoms with E-state index in [1.54, 1.807) is 6.92 Å². The van der Waals surface area contributed by atoms with Crippen molar-refractivity contribution in [3.8, 4) is 11.5 Å². The first kappa shape index (κ1) is 22.9. The first-order chi connectivity index (χ1) is 15.7. The summed E-state index contributed by atoms with van der Waals surface area (Å²) in [6, 6.07) is 6.29. The SMILES string of the molecule is CCOc1cc(/C=C2/C(=O)NC(=O)N(c3ccc(C(=O)OC)cc3)C2=O)cc([N+](=O)[O-])c1[O-]. The van der Waals surface area contributed by atoms with Gasteiger partial charge >= 0.3 is 12.0 Å². The van der Waals surface area contributed by atoms with Crippen molar-refractivity contribution in [2.45, 2.75) is 6.92 Å². The fraction of sp³-hybridized carbons (Fsp3) is 0.143. The molecule has 170 valence electrons. The summed E-state index contributed by atoms with van der Waals surface area (Å²) in [6.45, 7) is 1.62. The highest BCUT2D eigenvalue weighted by Gasteiger charge is 2.37. The largest absolute Gasteiger partial charge is 0.865 e. The van der Waals surface area contributed by atoms with Crippen molar-refractivity contribution in [3.63, 3.8) is 0 Å². The number of nitrogens with one attached hydrogen (secondary N) is 1. The Bertz CT molecular complexity index is 1200. The van der Waals surface area contributed by atoms with Crippen molar-refractivity contribution in [1.82, 2.24) is 5.32 Å². The number of anilines is 1. The van der Waals surface area contributed by atoms with E-state index in [1.807, 2.05) is 5.32 Å². The molecule has 0 saturated carbocycles. The molecule has 0 spiro atoms. The summed E-state index contributed by atoms with van der Waals surface area (Å²) in [7, 11) is 1.20. The highest BCUT2D eigenvalue weighted by molar-refractivity contribution is 6.39. The molecule has 1 N–H and O–H groups in total. The van der Waals surface area contributed by atoms with Gasteiger partial charge in [0.1, 0.15) is 11.3 Å². The molecule has 4 amide bonds. The van der Waals surface area contributed by atoms with Crippen molar-refractivity contribution < 1.29 is 38.7 Å². The third-order valence-electron chi connectivity index (χ3n) is 4.51. The van der Waals surface area contributed by atoms with E-state index in [9.17, 15) is 34.4 Å². The molecule has 33 heavy (non-hydrogen) atoms. The number of benzene rings is 2. The summed E-state index contributed by atoms with van der Waals surface area (Å²) in [5, 5.41) is 25.4. The Labute approximate surface area is 186 Å². The molecule has 0 unspecified atom stereocenters. The summed E-state index contributed by atoms with van der Waals surface area (Å²) in [5.41, 5.74) is -1.12. The van der Waals surface area contributed by atoms with Gasteiger partial charge in [0.2, 0.25) is 0 Å². The van der Waals surface area contributed by atoms with Gasteiger partial charge in [-0.3, -0.25) is 25.0 Å². The molecular formula is C21H16N3O9-. The van der Waals surface area contributed by atoms with Crippen LogP contribution in [0.4, 0.5) is 16.2 Å². The molecule has 1 aliphatic rings. The molecule has 0 radical (unpaired) electrons. The van der Waals surface area contributed by atoms with Crippen molar-refractivity contribution in [3.05, 3.63) is 63.2 Å². The van der Waals surface area contributed by atoms with Gasteiger partial charge in [-0.25, -0.2) is 14.5 Å². The van der Waals surface area contributed by atoms with Crippen molar-refractivity contribution in [2.75, 3.05) is 18.6 Å². The fourth-order valence-electron chi connectivity index (χ4n) is 3.01. The van der Waals surface area contributed by atoms with E-state index in [2.05, 4.69) is 4.74 Å². The molecule has 2 aromatic carbocycles. The highest BCUT2D eigenvalue weighted by Crippen LogP contribution is 2.36. The summed E-state index contributed by atoms with van der Waals surface area (Å²) in [5.74, 6) is -3.94. The van der Waals surface area contributed by atoms with Gasteiger partial charge in [0.05, 0.1) is 29.9 Å². The van der Waals surface area contributed by atoms with E-state index in [4.69, 9.17) is 4.74 Å². The Balaban J connectivity index is 2.04. The van der Waals surface area contributed by atoms with Crippen LogP contribution in [0.3, 0.4) is 0 Å². The van der Waals surface area contributed by atoms with Gasteiger partial charge in [0, 0.05) is 11.8 Å². The molecule has 12 heteroatoms. The Morgan fingerprint density at radius 3 is 2.42 bits per heavy atom. The monoisotopic (exact) mass is 454 g/mol. The summed E-state index contributed by atoms with van der Waals surface area (Å²) >= 11 is 0. The zero-order valence-electron chi connectivity index (χ0n) is 17.3. The Hall–Kier alpha value is -4.74. The van der Waals surface area contributed by atoms with E-state index in [1.165, 1.54) is 31.4 Å². The maximum absolute atomic E-state index is 13.0. The number of ether oxygens (including phenoxy) is 2.